The van der Waals surface area contributed by atoms with Gasteiger partial charge in [-0.15, -0.1) is 0 Å². The van der Waals surface area contributed by atoms with Gasteiger partial charge in [-0.25, -0.2) is 4.99 Å². The highest BCUT2D eigenvalue weighted by Gasteiger charge is 2.51. The second kappa shape index (κ2) is 8.38. The molecule has 0 bridgehead atoms. The number of ether oxygens (including phenoxy) is 2. The van der Waals surface area contributed by atoms with Gasteiger partial charge in [0.1, 0.15) is 11.5 Å². The number of hydrogen-bond acceptors (Lipinski definition) is 5. The van der Waals surface area contributed by atoms with Crippen LogP contribution in [0.2, 0.25) is 0 Å². The Labute approximate surface area is 177 Å². The minimum atomic E-state index is -1.20. The molecule has 158 valence electrons. The summed E-state index contributed by atoms with van der Waals surface area (Å²) in [5, 5.41) is 0. The molecule has 2 aromatic carbocycles. The smallest absolute Gasteiger partial charge is 0.266 e. The lowest BCUT2D eigenvalue weighted by Crippen LogP contribution is -2.45. The fourth-order valence-corrected chi connectivity index (χ4v) is 4.59. The minimum absolute atomic E-state index is 0.0964. The topological polar surface area (TPSA) is 77.2 Å². The zero-order valence-corrected chi connectivity index (χ0v) is 17.6. The van der Waals surface area contributed by atoms with Crippen LogP contribution in [0, 0.1) is 5.92 Å². The number of benzene rings is 2. The molecule has 1 amide bonds. The molecule has 30 heavy (non-hydrogen) atoms. The molecule has 1 heterocycles. The number of nitrogens with two attached hydrogens (primary N) is 1. The van der Waals surface area contributed by atoms with E-state index in [1.54, 1.807) is 19.1 Å². The maximum Gasteiger partial charge on any atom is 0.266 e. The van der Waals surface area contributed by atoms with Crippen molar-refractivity contribution in [3.8, 4) is 11.5 Å². The van der Waals surface area contributed by atoms with E-state index >= 15 is 0 Å². The predicted molar refractivity (Wildman–Crippen MR) is 117 cm³/mol. The van der Waals surface area contributed by atoms with Gasteiger partial charge in [0.2, 0.25) is 0 Å². The number of aliphatic imine (C=N–C) groups is 1. The molecule has 1 saturated carbocycles. The fourth-order valence-electron chi connectivity index (χ4n) is 4.59. The number of methoxy groups -OCH3 is 2. The summed E-state index contributed by atoms with van der Waals surface area (Å²) in [4.78, 5) is 20.4. The van der Waals surface area contributed by atoms with Crippen molar-refractivity contribution in [3.05, 3.63) is 59.7 Å². The largest absolute Gasteiger partial charge is 0.497 e. The molecule has 4 rings (SSSR count). The average Bonchev–Trinajstić information content (AvgIpc) is 3.05. The number of rotatable bonds is 6. The predicted octanol–water partition coefficient (Wildman–Crippen LogP) is 3.68. The highest BCUT2D eigenvalue weighted by atomic mass is 16.5. The van der Waals surface area contributed by atoms with E-state index in [1.165, 1.54) is 19.3 Å². The lowest BCUT2D eigenvalue weighted by molar-refractivity contribution is -0.130. The molecule has 2 aromatic rings. The van der Waals surface area contributed by atoms with Crippen LogP contribution in [0.4, 0.5) is 0 Å². The summed E-state index contributed by atoms with van der Waals surface area (Å²) in [7, 11) is 3.24. The second-order valence-corrected chi connectivity index (χ2v) is 8.06. The van der Waals surface area contributed by atoms with Gasteiger partial charge in [0.05, 0.1) is 14.2 Å². The van der Waals surface area contributed by atoms with Crippen LogP contribution in [-0.2, 0) is 10.3 Å². The van der Waals surface area contributed by atoms with E-state index in [0.717, 1.165) is 35.5 Å². The summed E-state index contributed by atoms with van der Waals surface area (Å²) in [5.41, 5.74) is 6.70. The molecule has 0 unspecified atom stereocenters. The van der Waals surface area contributed by atoms with Crippen LogP contribution in [0.1, 0.15) is 43.2 Å². The summed E-state index contributed by atoms with van der Waals surface area (Å²) in [6.07, 6.45) is 5.97. The molecule has 1 aliphatic heterocycles. The van der Waals surface area contributed by atoms with Crippen LogP contribution in [0.15, 0.2) is 53.5 Å². The van der Waals surface area contributed by atoms with Crippen molar-refractivity contribution in [3.63, 3.8) is 0 Å². The van der Waals surface area contributed by atoms with Crippen LogP contribution < -0.4 is 15.2 Å². The second-order valence-electron chi connectivity index (χ2n) is 8.06. The van der Waals surface area contributed by atoms with Crippen molar-refractivity contribution in [2.45, 2.75) is 37.6 Å². The summed E-state index contributed by atoms with van der Waals surface area (Å²) < 4.78 is 10.6. The van der Waals surface area contributed by atoms with Crippen LogP contribution in [-0.4, -0.2) is 37.5 Å². The maximum absolute atomic E-state index is 13.9. The summed E-state index contributed by atoms with van der Waals surface area (Å²) >= 11 is 0. The molecule has 0 spiro atoms. The first-order chi connectivity index (χ1) is 14.6. The molecule has 1 aliphatic carbocycles. The van der Waals surface area contributed by atoms with E-state index in [2.05, 4.69) is 0 Å². The van der Waals surface area contributed by atoms with Crippen molar-refractivity contribution in [2.24, 2.45) is 16.6 Å². The van der Waals surface area contributed by atoms with Gasteiger partial charge in [0, 0.05) is 6.54 Å². The van der Waals surface area contributed by atoms with E-state index in [0.29, 0.717) is 12.5 Å². The van der Waals surface area contributed by atoms with Crippen molar-refractivity contribution in [1.82, 2.24) is 4.90 Å². The van der Waals surface area contributed by atoms with Crippen LogP contribution in [0.25, 0.3) is 0 Å². The monoisotopic (exact) mass is 407 g/mol. The molecule has 0 saturated heterocycles. The highest BCUT2D eigenvalue weighted by Crippen LogP contribution is 2.41. The van der Waals surface area contributed by atoms with Gasteiger partial charge >= 0.3 is 0 Å². The van der Waals surface area contributed by atoms with Crippen LogP contribution in [0.5, 0.6) is 11.5 Å². The molecule has 6 heteroatoms. The van der Waals surface area contributed by atoms with Gasteiger partial charge in [0.25, 0.3) is 5.91 Å². The summed E-state index contributed by atoms with van der Waals surface area (Å²) in [5.74, 6) is 2.12. The molecule has 0 aromatic heterocycles. The van der Waals surface area contributed by atoms with Gasteiger partial charge in [-0.2, -0.15) is 0 Å². The Balaban J connectivity index is 1.75. The molecule has 0 atom stereocenters. The van der Waals surface area contributed by atoms with Gasteiger partial charge < -0.3 is 15.2 Å². The Kier molecular flexibility index (Phi) is 5.66. The fraction of sp³-hybridized carbons (Fsp3) is 0.417. The quantitative estimate of drug-likeness (QED) is 0.792. The molecule has 2 N–H and O–H groups in total. The van der Waals surface area contributed by atoms with Crippen LogP contribution in [0.3, 0.4) is 0 Å². The van der Waals surface area contributed by atoms with Crippen molar-refractivity contribution in [2.75, 3.05) is 20.8 Å². The van der Waals surface area contributed by atoms with E-state index in [4.69, 9.17) is 20.2 Å². The normalized spacial score (nSPS) is 18.9. The van der Waals surface area contributed by atoms with Crippen molar-refractivity contribution >= 4 is 11.9 Å². The van der Waals surface area contributed by atoms with E-state index in [9.17, 15) is 4.79 Å². The van der Waals surface area contributed by atoms with E-state index in [1.807, 2.05) is 48.5 Å². The standard InChI is InChI=1S/C24H29N3O3/c1-29-20-12-8-18(9-13-20)24(19-10-14-21(30-2)15-11-19)22(28)27(23(25)26-24)16-17-6-4-3-5-7-17/h8-15,17H,3-7,16H2,1-2H3,(H2,25,26). The minimum Gasteiger partial charge on any atom is -0.497 e. The Morgan fingerprint density at radius 1 is 0.933 bits per heavy atom. The number of carbonyl (C=O) groups excluding carboxylic acids is 1. The first-order valence-electron chi connectivity index (χ1n) is 10.5. The Hall–Kier alpha value is -3.02. The molecule has 2 aliphatic rings. The number of amides is 1. The third-order valence-electron chi connectivity index (χ3n) is 6.29. The number of nitrogens with zero attached hydrogens (tertiary/aromatic N) is 2. The van der Waals surface area contributed by atoms with Crippen LogP contribution >= 0.6 is 0 Å². The zero-order valence-electron chi connectivity index (χ0n) is 17.6. The maximum atomic E-state index is 13.9. The molecule has 1 fully saturated rings. The van der Waals surface area contributed by atoms with Crippen molar-refractivity contribution < 1.29 is 14.3 Å². The highest BCUT2D eigenvalue weighted by molar-refractivity contribution is 6.09. The third kappa shape index (κ3) is 3.51. The molecule has 6 nitrogen and oxygen atoms in total. The van der Waals surface area contributed by atoms with E-state index in [-0.39, 0.29) is 11.9 Å². The lowest BCUT2D eigenvalue weighted by Gasteiger charge is -2.30. The Bertz CT molecular complexity index is 868. The van der Waals surface area contributed by atoms with Crippen molar-refractivity contribution in [1.29, 1.82) is 0 Å². The summed E-state index contributed by atoms with van der Waals surface area (Å²) in [6, 6.07) is 15.0. The first kappa shape index (κ1) is 20.3. The average molecular weight is 408 g/mol. The first-order valence-corrected chi connectivity index (χ1v) is 10.5. The Morgan fingerprint density at radius 2 is 1.43 bits per heavy atom. The number of guanidine groups is 1. The third-order valence-corrected chi connectivity index (χ3v) is 6.29. The van der Waals surface area contributed by atoms with Gasteiger partial charge in [-0.1, -0.05) is 43.5 Å². The number of hydrogen-bond donors (Lipinski definition) is 1. The zero-order chi connectivity index (χ0) is 21.1. The Morgan fingerprint density at radius 3 is 1.90 bits per heavy atom. The lowest BCUT2D eigenvalue weighted by atomic mass is 9.82. The number of carbonyl (C=O) groups is 1. The van der Waals surface area contributed by atoms with Gasteiger partial charge in [0.15, 0.2) is 11.5 Å². The SMILES string of the molecule is COc1ccc(C2(c3ccc(OC)cc3)N=C(N)N(CC3CCCCC3)C2=O)cc1. The summed E-state index contributed by atoms with van der Waals surface area (Å²) in [6.45, 7) is 0.627. The van der Waals surface area contributed by atoms with Gasteiger partial charge in [-0.3, -0.25) is 9.69 Å². The molecular weight excluding hydrogens is 378 g/mol. The van der Waals surface area contributed by atoms with E-state index < -0.39 is 5.54 Å². The molecular formula is C24H29N3O3. The molecule has 0 radical (unpaired) electrons. The van der Waals surface area contributed by atoms with Gasteiger partial charge in [-0.05, 0) is 54.2 Å².